The second kappa shape index (κ2) is 7.02. The normalized spacial score (nSPS) is 12.2. The van der Waals surface area contributed by atoms with Gasteiger partial charge >= 0.3 is 0 Å². The van der Waals surface area contributed by atoms with Crippen molar-refractivity contribution >= 4 is 15.9 Å². The largest absolute Gasteiger partial charge is 0.496 e. The number of ether oxygens (including phenoxy) is 1. The Morgan fingerprint density at radius 1 is 1.29 bits per heavy atom. The number of nitrogens with one attached hydrogen (secondary N) is 1. The highest BCUT2D eigenvalue weighted by atomic mass is 79.9. The van der Waals surface area contributed by atoms with Gasteiger partial charge in [-0.25, -0.2) is 4.39 Å². The van der Waals surface area contributed by atoms with Crippen LogP contribution in [0.1, 0.15) is 22.7 Å². The quantitative estimate of drug-likeness (QED) is 0.637. The number of hydrazine groups is 1. The molecule has 1 unspecified atom stereocenters. The molecule has 0 amide bonds. The molecule has 0 aliphatic heterocycles. The van der Waals surface area contributed by atoms with Crippen molar-refractivity contribution in [1.29, 1.82) is 0 Å². The first-order valence-corrected chi connectivity index (χ1v) is 7.39. The maximum atomic E-state index is 14.0. The molecule has 3 nitrogen and oxygen atoms in total. The molecule has 0 spiro atoms. The predicted molar refractivity (Wildman–Crippen MR) is 85.6 cm³/mol. The van der Waals surface area contributed by atoms with Crippen molar-refractivity contribution < 1.29 is 9.13 Å². The van der Waals surface area contributed by atoms with E-state index in [-0.39, 0.29) is 11.9 Å². The van der Waals surface area contributed by atoms with E-state index in [0.29, 0.717) is 16.5 Å². The van der Waals surface area contributed by atoms with E-state index in [1.54, 1.807) is 13.2 Å². The molecule has 0 aromatic heterocycles. The van der Waals surface area contributed by atoms with Gasteiger partial charge < -0.3 is 4.74 Å². The highest BCUT2D eigenvalue weighted by molar-refractivity contribution is 9.10. The van der Waals surface area contributed by atoms with Crippen LogP contribution in [0.3, 0.4) is 0 Å². The highest BCUT2D eigenvalue weighted by Crippen LogP contribution is 2.29. The van der Waals surface area contributed by atoms with Crippen LogP contribution in [0, 0.1) is 12.7 Å². The summed E-state index contributed by atoms with van der Waals surface area (Å²) < 4.78 is 20.1. The van der Waals surface area contributed by atoms with Crippen molar-refractivity contribution in [3.05, 3.63) is 63.4 Å². The van der Waals surface area contributed by atoms with E-state index in [9.17, 15) is 4.39 Å². The smallest absolute Gasteiger partial charge is 0.127 e. The maximum Gasteiger partial charge on any atom is 0.127 e. The SMILES string of the molecule is COc1cc(C)ccc1C(Cc1ccc(Br)cc1F)NN. The number of rotatable bonds is 5. The summed E-state index contributed by atoms with van der Waals surface area (Å²) in [5.74, 6) is 6.15. The van der Waals surface area contributed by atoms with Crippen LogP contribution in [0.15, 0.2) is 40.9 Å². The number of hydrogen-bond donors (Lipinski definition) is 2. The first kappa shape index (κ1) is 15.9. The number of nitrogens with two attached hydrogens (primary N) is 1. The lowest BCUT2D eigenvalue weighted by Gasteiger charge is -2.20. The molecule has 1 atom stereocenters. The summed E-state index contributed by atoms with van der Waals surface area (Å²) in [6.07, 6.45) is 0.440. The molecular formula is C16H18BrFN2O. The molecule has 0 bridgehead atoms. The topological polar surface area (TPSA) is 47.3 Å². The molecular weight excluding hydrogens is 335 g/mol. The van der Waals surface area contributed by atoms with Gasteiger partial charge in [-0.3, -0.25) is 11.3 Å². The average Bonchev–Trinajstić information content (AvgIpc) is 2.47. The Morgan fingerprint density at radius 3 is 2.67 bits per heavy atom. The summed E-state index contributed by atoms with van der Waals surface area (Å²) in [4.78, 5) is 0. The van der Waals surface area contributed by atoms with Crippen LogP contribution in [0.5, 0.6) is 5.75 Å². The van der Waals surface area contributed by atoms with Crippen LogP contribution in [-0.2, 0) is 6.42 Å². The molecule has 0 saturated heterocycles. The van der Waals surface area contributed by atoms with E-state index in [2.05, 4.69) is 21.4 Å². The van der Waals surface area contributed by atoms with Crippen LogP contribution in [0.25, 0.3) is 0 Å². The summed E-state index contributed by atoms with van der Waals surface area (Å²) in [5, 5.41) is 0. The minimum Gasteiger partial charge on any atom is -0.496 e. The Kier molecular flexibility index (Phi) is 5.33. The van der Waals surface area contributed by atoms with Crippen LogP contribution in [0.4, 0.5) is 4.39 Å². The Morgan fingerprint density at radius 2 is 2.05 bits per heavy atom. The van der Waals surface area contributed by atoms with Crippen molar-refractivity contribution in [2.24, 2.45) is 5.84 Å². The third kappa shape index (κ3) is 3.81. The Balaban J connectivity index is 2.32. The minimum absolute atomic E-state index is 0.226. The lowest BCUT2D eigenvalue weighted by molar-refractivity contribution is 0.398. The molecule has 2 aromatic rings. The molecule has 0 fully saturated rings. The zero-order chi connectivity index (χ0) is 15.4. The van der Waals surface area contributed by atoms with Gasteiger partial charge in [0.2, 0.25) is 0 Å². The predicted octanol–water partition coefficient (Wildman–Crippen LogP) is 3.65. The second-order valence-corrected chi connectivity index (χ2v) is 5.82. The molecule has 21 heavy (non-hydrogen) atoms. The van der Waals surface area contributed by atoms with Gasteiger partial charge in [0, 0.05) is 10.0 Å². The molecule has 5 heteroatoms. The molecule has 0 saturated carbocycles. The average molecular weight is 353 g/mol. The summed E-state index contributed by atoms with van der Waals surface area (Å²) in [6, 6.07) is 10.7. The standard InChI is InChI=1S/C16H18BrFN2O/c1-10-3-6-13(16(7-10)21-2)15(20-19)8-11-4-5-12(17)9-14(11)18/h3-7,9,15,20H,8,19H2,1-2H3. The third-order valence-electron chi connectivity index (χ3n) is 3.40. The van der Waals surface area contributed by atoms with E-state index >= 15 is 0 Å². The lowest BCUT2D eigenvalue weighted by atomic mass is 9.97. The molecule has 0 aliphatic rings. The van der Waals surface area contributed by atoms with Gasteiger partial charge in [0.1, 0.15) is 11.6 Å². The van der Waals surface area contributed by atoms with Crippen molar-refractivity contribution in [3.8, 4) is 5.75 Å². The van der Waals surface area contributed by atoms with Crippen LogP contribution in [0.2, 0.25) is 0 Å². The fourth-order valence-electron chi connectivity index (χ4n) is 2.27. The third-order valence-corrected chi connectivity index (χ3v) is 3.90. The number of hydrogen-bond acceptors (Lipinski definition) is 3. The van der Waals surface area contributed by atoms with Crippen LogP contribution < -0.4 is 16.0 Å². The fourth-order valence-corrected chi connectivity index (χ4v) is 2.61. The van der Waals surface area contributed by atoms with Gasteiger partial charge in [0.25, 0.3) is 0 Å². The van der Waals surface area contributed by atoms with Gasteiger partial charge in [0.05, 0.1) is 13.2 Å². The first-order valence-electron chi connectivity index (χ1n) is 6.59. The Bertz CT molecular complexity index is 634. The van der Waals surface area contributed by atoms with E-state index in [1.165, 1.54) is 6.07 Å². The van der Waals surface area contributed by atoms with Crippen molar-refractivity contribution in [3.63, 3.8) is 0 Å². The van der Waals surface area contributed by atoms with Gasteiger partial charge in [-0.2, -0.15) is 0 Å². The highest BCUT2D eigenvalue weighted by Gasteiger charge is 2.17. The summed E-state index contributed by atoms with van der Waals surface area (Å²) >= 11 is 3.25. The van der Waals surface area contributed by atoms with Crippen LogP contribution >= 0.6 is 15.9 Å². The molecule has 2 rings (SSSR count). The molecule has 2 aromatic carbocycles. The van der Waals surface area contributed by atoms with Crippen molar-refractivity contribution in [2.75, 3.05) is 7.11 Å². The van der Waals surface area contributed by atoms with Crippen molar-refractivity contribution in [1.82, 2.24) is 5.43 Å². The van der Waals surface area contributed by atoms with Crippen molar-refractivity contribution in [2.45, 2.75) is 19.4 Å². The molecule has 0 heterocycles. The maximum absolute atomic E-state index is 14.0. The van der Waals surface area contributed by atoms with E-state index < -0.39 is 0 Å². The van der Waals surface area contributed by atoms with Gasteiger partial charge in [-0.05, 0) is 42.7 Å². The first-order chi connectivity index (χ1) is 10.0. The number of aryl methyl sites for hydroxylation is 1. The fraction of sp³-hybridized carbons (Fsp3) is 0.250. The second-order valence-electron chi connectivity index (χ2n) is 4.90. The lowest BCUT2D eigenvalue weighted by Crippen LogP contribution is -2.30. The molecule has 0 radical (unpaired) electrons. The van der Waals surface area contributed by atoms with E-state index in [4.69, 9.17) is 10.6 Å². The number of halogens is 2. The van der Waals surface area contributed by atoms with E-state index in [0.717, 1.165) is 16.9 Å². The molecule has 3 N–H and O–H groups in total. The number of benzene rings is 2. The monoisotopic (exact) mass is 352 g/mol. The summed E-state index contributed by atoms with van der Waals surface area (Å²) in [7, 11) is 1.62. The van der Waals surface area contributed by atoms with Gasteiger partial charge in [-0.1, -0.05) is 34.1 Å². The van der Waals surface area contributed by atoms with Gasteiger partial charge in [0.15, 0.2) is 0 Å². The summed E-state index contributed by atoms with van der Waals surface area (Å²) in [5.41, 5.74) is 5.35. The molecule has 0 aliphatic carbocycles. The number of methoxy groups -OCH3 is 1. The Hall–Kier alpha value is -1.43. The van der Waals surface area contributed by atoms with Gasteiger partial charge in [-0.15, -0.1) is 0 Å². The zero-order valence-electron chi connectivity index (χ0n) is 12.0. The minimum atomic E-state index is -0.254. The molecule has 112 valence electrons. The van der Waals surface area contributed by atoms with E-state index in [1.807, 2.05) is 31.2 Å². The Labute approximate surface area is 132 Å². The van der Waals surface area contributed by atoms with Crippen LogP contribution in [-0.4, -0.2) is 7.11 Å². The zero-order valence-corrected chi connectivity index (χ0v) is 13.6. The summed E-state index contributed by atoms with van der Waals surface area (Å²) in [6.45, 7) is 1.99.